The molecule has 1 aromatic carbocycles. The van der Waals surface area contributed by atoms with E-state index >= 15 is 0 Å². The van der Waals surface area contributed by atoms with Gasteiger partial charge in [0.25, 0.3) is 0 Å². The molecule has 164 valence electrons. The highest BCUT2D eigenvalue weighted by Crippen LogP contribution is 2.34. The van der Waals surface area contributed by atoms with Crippen LogP contribution in [-0.4, -0.2) is 10.9 Å². The summed E-state index contributed by atoms with van der Waals surface area (Å²) in [6.07, 6.45) is -2.97. The fourth-order valence-corrected chi connectivity index (χ4v) is 4.05. The lowest BCUT2D eigenvalue weighted by atomic mass is 10.0. The van der Waals surface area contributed by atoms with Crippen LogP contribution in [0.1, 0.15) is 30.0 Å². The van der Waals surface area contributed by atoms with E-state index in [1.165, 1.54) is 35.7 Å². The zero-order valence-corrected chi connectivity index (χ0v) is 17.8. The number of rotatable bonds is 6. The van der Waals surface area contributed by atoms with Crippen molar-refractivity contribution in [2.45, 2.75) is 25.6 Å². The molecule has 0 spiro atoms. The summed E-state index contributed by atoms with van der Waals surface area (Å²) < 4.78 is 51.2. The van der Waals surface area contributed by atoms with Crippen molar-refractivity contribution in [3.63, 3.8) is 0 Å². The molecule has 3 N–H and O–H groups in total. The normalized spacial score (nSPS) is 13.6. The predicted molar refractivity (Wildman–Crippen MR) is 113 cm³/mol. The van der Waals surface area contributed by atoms with Gasteiger partial charge in [-0.05, 0) is 48.9 Å². The fraction of sp³-hybridized carbons (Fsp3) is 0.238. The standard InChI is InChI=1S/C21H18ClF4N3OS/c1-11(20(30)29-13-3-4-15(23)14(22)9-13)8-16(27)18-6-5-17(31-18)12-2-7-19(28-10-12)21(24,25)26/h2-7,9-11,16H,8,27H2,1H3,(H,29,30). The van der Waals surface area contributed by atoms with Gasteiger partial charge in [-0.25, -0.2) is 4.39 Å². The minimum Gasteiger partial charge on any atom is -0.326 e. The third kappa shape index (κ3) is 5.81. The highest BCUT2D eigenvalue weighted by Gasteiger charge is 2.32. The van der Waals surface area contributed by atoms with Gasteiger partial charge in [0.05, 0.1) is 5.02 Å². The Morgan fingerprint density at radius 2 is 1.97 bits per heavy atom. The molecule has 4 nitrogen and oxygen atoms in total. The molecule has 2 unspecified atom stereocenters. The van der Waals surface area contributed by atoms with Gasteiger partial charge >= 0.3 is 6.18 Å². The molecule has 10 heteroatoms. The van der Waals surface area contributed by atoms with Crippen molar-refractivity contribution >= 4 is 34.5 Å². The van der Waals surface area contributed by atoms with Crippen molar-refractivity contribution in [3.05, 3.63) is 70.1 Å². The number of alkyl halides is 3. The number of nitrogens with two attached hydrogens (primary N) is 1. The Morgan fingerprint density at radius 3 is 2.58 bits per heavy atom. The number of carbonyl (C=O) groups is 1. The summed E-state index contributed by atoms with van der Waals surface area (Å²) in [6, 6.07) is 9.29. The van der Waals surface area contributed by atoms with E-state index in [2.05, 4.69) is 10.3 Å². The molecule has 0 bridgehead atoms. The zero-order valence-electron chi connectivity index (χ0n) is 16.2. The second kappa shape index (κ2) is 9.33. The first-order valence-electron chi connectivity index (χ1n) is 9.19. The van der Waals surface area contributed by atoms with Crippen LogP contribution in [0.5, 0.6) is 0 Å². The molecule has 2 heterocycles. The number of anilines is 1. The van der Waals surface area contributed by atoms with E-state index in [9.17, 15) is 22.4 Å². The maximum absolute atomic E-state index is 13.2. The van der Waals surface area contributed by atoms with Crippen molar-refractivity contribution in [1.29, 1.82) is 0 Å². The SMILES string of the molecule is CC(CC(N)c1ccc(-c2ccc(C(F)(F)F)nc2)s1)C(=O)Nc1ccc(F)c(Cl)c1. The van der Waals surface area contributed by atoms with E-state index in [1.54, 1.807) is 19.1 Å². The molecule has 3 rings (SSSR count). The van der Waals surface area contributed by atoms with Crippen LogP contribution in [0.3, 0.4) is 0 Å². The molecule has 1 amide bonds. The van der Waals surface area contributed by atoms with Crippen molar-refractivity contribution in [1.82, 2.24) is 4.98 Å². The van der Waals surface area contributed by atoms with Crippen LogP contribution in [0.2, 0.25) is 5.02 Å². The number of hydrogen-bond acceptors (Lipinski definition) is 4. The number of pyridine rings is 1. The lowest BCUT2D eigenvalue weighted by molar-refractivity contribution is -0.141. The maximum Gasteiger partial charge on any atom is 0.433 e. The predicted octanol–water partition coefficient (Wildman–Crippen LogP) is 6.29. The van der Waals surface area contributed by atoms with Crippen molar-refractivity contribution in [2.75, 3.05) is 5.32 Å². The third-order valence-electron chi connectivity index (χ3n) is 4.57. The molecule has 2 atom stereocenters. The van der Waals surface area contributed by atoms with Gasteiger partial charge in [-0.3, -0.25) is 9.78 Å². The van der Waals surface area contributed by atoms with Crippen LogP contribution in [0, 0.1) is 11.7 Å². The Kier molecular flexibility index (Phi) is 6.98. The first kappa shape index (κ1) is 23.2. The number of thiophene rings is 1. The summed E-state index contributed by atoms with van der Waals surface area (Å²) in [7, 11) is 0. The topological polar surface area (TPSA) is 68.0 Å². The Hall–Kier alpha value is -2.49. The molecule has 0 saturated heterocycles. The lowest BCUT2D eigenvalue weighted by Gasteiger charge is -2.16. The number of halogens is 5. The molecule has 0 radical (unpaired) electrons. The van der Waals surface area contributed by atoms with Gasteiger partial charge < -0.3 is 11.1 Å². The van der Waals surface area contributed by atoms with Gasteiger partial charge in [-0.15, -0.1) is 11.3 Å². The molecule has 0 aliphatic rings. The van der Waals surface area contributed by atoms with Crippen LogP contribution in [0.15, 0.2) is 48.7 Å². The van der Waals surface area contributed by atoms with Gasteiger partial charge in [0.15, 0.2) is 0 Å². The van der Waals surface area contributed by atoms with Gasteiger partial charge in [0, 0.05) is 39.2 Å². The van der Waals surface area contributed by atoms with E-state index in [1.807, 2.05) is 0 Å². The smallest absolute Gasteiger partial charge is 0.326 e. The van der Waals surface area contributed by atoms with E-state index in [4.69, 9.17) is 17.3 Å². The van der Waals surface area contributed by atoms with Crippen LogP contribution in [-0.2, 0) is 11.0 Å². The quantitative estimate of drug-likeness (QED) is 0.415. The Morgan fingerprint density at radius 1 is 1.23 bits per heavy atom. The van der Waals surface area contributed by atoms with Crippen LogP contribution in [0.25, 0.3) is 10.4 Å². The summed E-state index contributed by atoms with van der Waals surface area (Å²) in [4.78, 5) is 17.4. The minimum absolute atomic E-state index is 0.0916. The van der Waals surface area contributed by atoms with Crippen LogP contribution < -0.4 is 11.1 Å². The average molecular weight is 472 g/mol. The lowest BCUT2D eigenvalue weighted by Crippen LogP contribution is -2.24. The summed E-state index contributed by atoms with van der Waals surface area (Å²) in [5, 5.41) is 2.58. The van der Waals surface area contributed by atoms with Crippen LogP contribution in [0.4, 0.5) is 23.2 Å². The van der Waals surface area contributed by atoms with Gasteiger partial charge in [-0.1, -0.05) is 18.5 Å². The van der Waals surface area contributed by atoms with Crippen LogP contribution >= 0.6 is 22.9 Å². The number of nitrogens with one attached hydrogen (secondary N) is 1. The zero-order chi connectivity index (χ0) is 22.8. The summed E-state index contributed by atoms with van der Waals surface area (Å²) in [6.45, 7) is 1.72. The summed E-state index contributed by atoms with van der Waals surface area (Å²) >= 11 is 7.05. The molecule has 3 aromatic rings. The largest absolute Gasteiger partial charge is 0.433 e. The highest BCUT2D eigenvalue weighted by atomic mass is 35.5. The molecular formula is C21H18ClF4N3OS. The Labute approximate surface area is 185 Å². The molecule has 0 aliphatic carbocycles. The molecule has 2 aromatic heterocycles. The van der Waals surface area contributed by atoms with E-state index in [-0.39, 0.29) is 10.9 Å². The number of aromatic nitrogens is 1. The Bertz CT molecular complexity index is 1070. The van der Waals surface area contributed by atoms with Gasteiger partial charge in [-0.2, -0.15) is 13.2 Å². The monoisotopic (exact) mass is 471 g/mol. The van der Waals surface area contributed by atoms with Crippen molar-refractivity contribution in [3.8, 4) is 10.4 Å². The van der Waals surface area contributed by atoms with Gasteiger partial charge in [0.1, 0.15) is 11.5 Å². The average Bonchev–Trinajstić information content (AvgIpc) is 3.20. The highest BCUT2D eigenvalue weighted by molar-refractivity contribution is 7.15. The second-order valence-corrected chi connectivity index (χ2v) is 8.52. The van der Waals surface area contributed by atoms with Crippen molar-refractivity contribution in [2.24, 2.45) is 11.7 Å². The summed E-state index contributed by atoms with van der Waals surface area (Å²) in [5.41, 5.74) is 6.22. The fourth-order valence-electron chi connectivity index (χ4n) is 2.86. The molecule has 0 fully saturated rings. The first-order valence-corrected chi connectivity index (χ1v) is 10.4. The number of nitrogens with zero attached hydrogens (tertiary/aromatic N) is 1. The number of benzene rings is 1. The van der Waals surface area contributed by atoms with E-state index in [0.29, 0.717) is 17.7 Å². The summed E-state index contributed by atoms with van der Waals surface area (Å²) in [5.74, 6) is -1.31. The third-order valence-corrected chi connectivity index (χ3v) is 6.13. The van der Waals surface area contributed by atoms with E-state index in [0.717, 1.165) is 21.9 Å². The first-order chi connectivity index (χ1) is 14.5. The molecule has 0 aliphatic heterocycles. The van der Waals surface area contributed by atoms with Gasteiger partial charge in [0.2, 0.25) is 5.91 Å². The molecule has 31 heavy (non-hydrogen) atoms. The number of amides is 1. The number of hydrogen-bond donors (Lipinski definition) is 2. The number of carbonyl (C=O) groups excluding carboxylic acids is 1. The second-order valence-electron chi connectivity index (χ2n) is 6.99. The molecule has 0 saturated carbocycles. The Balaban J connectivity index is 1.62. The molecular weight excluding hydrogens is 454 g/mol. The maximum atomic E-state index is 13.2. The minimum atomic E-state index is -4.49. The van der Waals surface area contributed by atoms with Crippen molar-refractivity contribution < 1.29 is 22.4 Å². The van der Waals surface area contributed by atoms with E-state index < -0.39 is 29.6 Å².